The normalized spacial score (nSPS) is 10.6. The highest BCUT2D eigenvalue weighted by Gasteiger charge is 2.11. The molecule has 1 aromatic heterocycles. The first-order valence-corrected chi connectivity index (χ1v) is 8.89. The number of benzene rings is 2. The fourth-order valence-electron chi connectivity index (χ4n) is 2.47. The third kappa shape index (κ3) is 5.26. The first-order valence-electron chi connectivity index (χ1n) is 8.89. The maximum Gasteiger partial charge on any atom is 0.270 e. The lowest BCUT2D eigenvalue weighted by molar-refractivity contribution is 0.0946. The Balaban J connectivity index is 1.68. The van der Waals surface area contributed by atoms with Crippen LogP contribution in [-0.2, 0) is 6.54 Å². The Hall–Kier alpha value is -3.48. The molecule has 28 heavy (non-hydrogen) atoms. The van der Waals surface area contributed by atoms with Crippen molar-refractivity contribution in [2.45, 2.75) is 26.5 Å². The molecule has 0 aliphatic heterocycles. The third-order valence-electron chi connectivity index (χ3n) is 3.75. The summed E-state index contributed by atoms with van der Waals surface area (Å²) in [7, 11) is 0. The van der Waals surface area contributed by atoms with E-state index in [-0.39, 0.29) is 36.0 Å². The summed E-state index contributed by atoms with van der Waals surface area (Å²) in [5.41, 5.74) is 1.73. The van der Waals surface area contributed by atoms with E-state index in [1.165, 1.54) is 24.4 Å². The molecule has 0 aliphatic rings. The summed E-state index contributed by atoms with van der Waals surface area (Å²) in [6.45, 7) is 4.16. The van der Waals surface area contributed by atoms with Gasteiger partial charge >= 0.3 is 0 Å². The van der Waals surface area contributed by atoms with Crippen molar-refractivity contribution in [3.63, 3.8) is 0 Å². The van der Waals surface area contributed by atoms with Crippen LogP contribution >= 0.6 is 0 Å². The fraction of sp³-hybridized carbons (Fsp3) is 0.190. The lowest BCUT2D eigenvalue weighted by Crippen LogP contribution is -2.24. The van der Waals surface area contributed by atoms with Gasteiger partial charge in [0.25, 0.3) is 5.91 Å². The van der Waals surface area contributed by atoms with Crippen molar-refractivity contribution in [3.05, 3.63) is 77.9 Å². The standard InChI is InChI=1S/C21H21FN4O2/c1-14(2)28-19-6-4-3-5-17(19)25-21-23-12-11-18(26-21)20(27)24-13-15-7-9-16(22)10-8-15/h3-12,14H,13H2,1-2H3,(H,24,27)(H,23,25,26). The van der Waals surface area contributed by atoms with Crippen LogP contribution < -0.4 is 15.4 Å². The van der Waals surface area contributed by atoms with Gasteiger partial charge in [0.05, 0.1) is 11.8 Å². The lowest BCUT2D eigenvalue weighted by atomic mass is 10.2. The van der Waals surface area contributed by atoms with Crippen LogP contribution in [0.15, 0.2) is 60.8 Å². The number of nitrogens with one attached hydrogen (secondary N) is 2. The van der Waals surface area contributed by atoms with Crippen molar-refractivity contribution in [2.24, 2.45) is 0 Å². The number of hydrogen-bond acceptors (Lipinski definition) is 5. The highest BCUT2D eigenvalue weighted by molar-refractivity contribution is 5.92. The highest BCUT2D eigenvalue weighted by Crippen LogP contribution is 2.27. The number of hydrogen-bond donors (Lipinski definition) is 2. The molecule has 0 saturated carbocycles. The Kier molecular flexibility index (Phi) is 6.16. The van der Waals surface area contributed by atoms with Crippen LogP contribution in [0.3, 0.4) is 0 Å². The molecule has 0 saturated heterocycles. The largest absolute Gasteiger partial charge is 0.489 e. The van der Waals surface area contributed by atoms with E-state index in [0.29, 0.717) is 11.4 Å². The van der Waals surface area contributed by atoms with Crippen LogP contribution in [-0.4, -0.2) is 22.0 Å². The zero-order valence-corrected chi connectivity index (χ0v) is 15.6. The van der Waals surface area contributed by atoms with Crippen molar-refractivity contribution in [1.82, 2.24) is 15.3 Å². The quantitative estimate of drug-likeness (QED) is 0.646. The van der Waals surface area contributed by atoms with E-state index < -0.39 is 0 Å². The van der Waals surface area contributed by atoms with Gasteiger partial charge in [0.1, 0.15) is 17.3 Å². The molecule has 0 unspecified atom stereocenters. The molecule has 1 amide bonds. The Morgan fingerprint density at radius 2 is 1.86 bits per heavy atom. The molecule has 0 radical (unpaired) electrons. The van der Waals surface area contributed by atoms with Crippen molar-refractivity contribution >= 4 is 17.5 Å². The Morgan fingerprint density at radius 1 is 1.11 bits per heavy atom. The summed E-state index contributed by atoms with van der Waals surface area (Å²) in [4.78, 5) is 20.8. The van der Waals surface area contributed by atoms with Crippen LogP contribution in [0.1, 0.15) is 29.9 Å². The Bertz CT molecular complexity index is 945. The highest BCUT2D eigenvalue weighted by atomic mass is 19.1. The SMILES string of the molecule is CC(C)Oc1ccccc1Nc1nccc(C(=O)NCc2ccc(F)cc2)n1. The molecule has 3 aromatic rings. The molecule has 3 rings (SSSR count). The summed E-state index contributed by atoms with van der Waals surface area (Å²) < 4.78 is 18.7. The summed E-state index contributed by atoms with van der Waals surface area (Å²) in [5.74, 6) is 0.298. The van der Waals surface area contributed by atoms with Crippen molar-refractivity contribution in [2.75, 3.05) is 5.32 Å². The Morgan fingerprint density at radius 3 is 2.61 bits per heavy atom. The van der Waals surface area contributed by atoms with E-state index >= 15 is 0 Å². The number of aromatic nitrogens is 2. The predicted molar refractivity (Wildman–Crippen MR) is 105 cm³/mol. The number of ether oxygens (including phenoxy) is 1. The van der Waals surface area contributed by atoms with E-state index in [4.69, 9.17) is 4.74 Å². The second-order valence-electron chi connectivity index (χ2n) is 6.36. The molecule has 144 valence electrons. The Labute approximate surface area is 162 Å². The monoisotopic (exact) mass is 380 g/mol. The van der Waals surface area contributed by atoms with Crippen LogP contribution in [0.2, 0.25) is 0 Å². The van der Waals surface area contributed by atoms with Gasteiger partial charge < -0.3 is 15.4 Å². The first kappa shape index (κ1) is 19.3. The average Bonchev–Trinajstić information content (AvgIpc) is 2.69. The second kappa shape index (κ2) is 8.94. The van der Waals surface area contributed by atoms with Gasteiger partial charge in [-0.3, -0.25) is 4.79 Å². The van der Waals surface area contributed by atoms with Crippen LogP contribution in [0.25, 0.3) is 0 Å². The number of nitrogens with zero attached hydrogens (tertiary/aromatic N) is 2. The molecule has 7 heteroatoms. The molecule has 2 N–H and O–H groups in total. The molecular weight excluding hydrogens is 359 g/mol. The van der Waals surface area contributed by atoms with Gasteiger partial charge in [-0.15, -0.1) is 0 Å². The lowest BCUT2D eigenvalue weighted by Gasteiger charge is -2.14. The number of carbonyl (C=O) groups excluding carboxylic acids is 1. The average molecular weight is 380 g/mol. The van der Waals surface area contributed by atoms with Crippen LogP contribution in [0.4, 0.5) is 16.0 Å². The third-order valence-corrected chi connectivity index (χ3v) is 3.75. The van der Waals surface area contributed by atoms with Crippen molar-refractivity contribution < 1.29 is 13.9 Å². The molecule has 0 aliphatic carbocycles. The zero-order valence-electron chi connectivity index (χ0n) is 15.6. The van der Waals surface area contributed by atoms with E-state index in [9.17, 15) is 9.18 Å². The maximum atomic E-state index is 13.0. The smallest absolute Gasteiger partial charge is 0.270 e. The molecule has 2 aromatic carbocycles. The summed E-state index contributed by atoms with van der Waals surface area (Å²) in [6, 6.07) is 14.9. The predicted octanol–water partition coefficient (Wildman–Crippen LogP) is 4.08. The van der Waals surface area contributed by atoms with Crippen molar-refractivity contribution in [1.29, 1.82) is 0 Å². The number of rotatable bonds is 7. The summed E-state index contributed by atoms with van der Waals surface area (Å²) in [5, 5.41) is 5.84. The molecular formula is C21H21FN4O2. The number of carbonyl (C=O) groups is 1. The zero-order chi connectivity index (χ0) is 19.9. The van der Waals surface area contributed by atoms with Crippen LogP contribution in [0.5, 0.6) is 5.75 Å². The minimum Gasteiger partial charge on any atom is -0.489 e. The van der Waals surface area contributed by atoms with Gasteiger partial charge in [0, 0.05) is 12.7 Å². The van der Waals surface area contributed by atoms with Gasteiger partial charge in [0.15, 0.2) is 0 Å². The van der Waals surface area contributed by atoms with E-state index in [0.717, 1.165) is 5.56 Å². The minimum atomic E-state index is -0.346. The van der Waals surface area contributed by atoms with Crippen molar-refractivity contribution in [3.8, 4) is 5.75 Å². The molecule has 6 nitrogen and oxygen atoms in total. The molecule has 0 atom stereocenters. The summed E-state index contributed by atoms with van der Waals surface area (Å²) in [6.07, 6.45) is 1.53. The van der Waals surface area contributed by atoms with Gasteiger partial charge in [-0.25, -0.2) is 14.4 Å². The van der Waals surface area contributed by atoms with Gasteiger partial charge in [-0.2, -0.15) is 0 Å². The topological polar surface area (TPSA) is 76.1 Å². The van der Waals surface area contributed by atoms with E-state index in [1.54, 1.807) is 12.1 Å². The molecule has 0 fully saturated rings. The van der Waals surface area contributed by atoms with Gasteiger partial charge in [-0.1, -0.05) is 24.3 Å². The van der Waals surface area contributed by atoms with E-state index in [1.807, 2.05) is 38.1 Å². The first-order chi connectivity index (χ1) is 13.5. The number of para-hydroxylation sites is 2. The molecule has 1 heterocycles. The van der Waals surface area contributed by atoms with Gasteiger partial charge in [-0.05, 0) is 49.7 Å². The minimum absolute atomic E-state index is 0.0208. The molecule has 0 bridgehead atoms. The number of amides is 1. The number of anilines is 2. The van der Waals surface area contributed by atoms with Crippen LogP contribution in [0, 0.1) is 5.82 Å². The second-order valence-corrected chi connectivity index (χ2v) is 6.36. The van der Waals surface area contributed by atoms with Gasteiger partial charge in [0.2, 0.25) is 5.95 Å². The number of halogens is 1. The summed E-state index contributed by atoms with van der Waals surface area (Å²) >= 11 is 0. The maximum absolute atomic E-state index is 13.0. The molecule has 0 spiro atoms. The fourth-order valence-corrected chi connectivity index (χ4v) is 2.47. The van der Waals surface area contributed by atoms with E-state index in [2.05, 4.69) is 20.6 Å².